The first-order chi connectivity index (χ1) is 17.0. The van der Waals surface area contributed by atoms with E-state index in [1.54, 1.807) is 12.3 Å². The van der Waals surface area contributed by atoms with Crippen LogP contribution in [0.3, 0.4) is 0 Å². The third-order valence-electron chi connectivity index (χ3n) is 6.34. The van der Waals surface area contributed by atoms with Crippen molar-refractivity contribution < 1.29 is 14.3 Å². The van der Waals surface area contributed by atoms with E-state index < -0.39 is 5.92 Å². The third kappa shape index (κ3) is 4.73. The van der Waals surface area contributed by atoms with Gasteiger partial charge in [-0.25, -0.2) is 4.98 Å². The second-order valence-electron chi connectivity index (χ2n) is 8.93. The molecule has 0 bridgehead atoms. The maximum atomic E-state index is 13.6. The Bertz CT molecular complexity index is 1340. The van der Waals surface area contributed by atoms with E-state index >= 15 is 0 Å². The number of allylic oxidation sites excluding steroid dienone is 3. The lowest BCUT2D eigenvalue weighted by molar-refractivity contribution is -0.116. The van der Waals surface area contributed by atoms with Gasteiger partial charge in [0.25, 0.3) is 5.91 Å². The topological polar surface area (TPSA) is 80.3 Å². The molecule has 176 valence electrons. The lowest BCUT2D eigenvalue weighted by Gasteiger charge is -2.34. The fourth-order valence-corrected chi connectivity index (χ4v) is 4.73. The van der Waals surface area contributed by atoms with Gasteiger partial charge in [-0.1, -0.05) is 36.4 Å². The summed E-state index contributed by atoms with van der Waals surface area (Å²) < 4.78 is 6.06. The second-order valence-corrected chi connectivity index (χ2v) is 8.93. The third-order valence-corrected chi connectivity index (χ3v) is 6.34. The van der Waals surface area contributed by atoms with Crippen molar-refractivity contribution in [3.05, 3.63) is 107 Å². The molecule has 2 N–H and O–H groups in total. The van der Waals surface area contributed by atoms with Gasteiger partial charge in [-0.3, -0.25) is 9.59 Å². The van der Waals surface area contributed by atoms with Crippen LogP contribution in [0.15, 0.2) is 95.5 Å². The minimum Gasteiger partial charge on any atom is -0.457 e. The van der Waals surface area contributed by atoms with E-state index in [-0.39, 0.29) is 11.7 Å². The van der Waals surface area contributed by atoms with Crippen molar-refractivity contribution in [1.82, 2.24) is 10.3 Å². The number of para-hydroxylation sites is 1. The van der Waals surface area contributed by atoms with Gasteiger partial charge in [-0.2, -0.15) is 0 Å². The number of anilines is 1. The number of carbonyl (C=O) groups excluding carboxylic acids is 2. The highest BCUT2D eigenvalue weighted by Gasteiger charge is 2.38. The number of dihydropyridines is 1. The summed E-state index contributed by atoms with van der Waals surface area (Å²) >= 11 is 0. The average molecular weight is 466 g/mol. The Morgan fingerprint density at radius 3 is 2.57 bits per heavy atom. The van der Waals surface area contributed by atoms with Crippen LogP contribution in [-0.2, 0) is 9.59 Å². The van der Waals surface area contributed by atoms with Gasteiger partial charge >= 0.3 is 0 Å². The van der Waals surface area contributed by atoms with E-state index in [2.05, 4.69) is 15.6 Å². The van der Waals surface area contributed by atoms with Crippen LogP contribution < -0.4 is 15.4 Å². The number of rotatable bonds is 5. The lowest BCUT2D eigenvalue weighted by atomic mass is 9.75. The van der Waals surface area contributed by atoms with Gasteiger partial charge in [0.2, 0.25) is 0 Å². The van der Waals surface area contributed by atoms with Crippen LogP contribution >= 0.6 is 0 Å². The number of nitrogens with zero attached hydrogens (tertiary/aromatic N) is 1. The summed E-state index contributed by atoms with van der Waals surface area (Å²) in [6, 6.07) is 20.9. The summed E-state index contributed by atoms with van der Waals surface area (Å²) in [7, 11) is 0. The molecule has 1 atom stereocenters. The number of aryl methyl sites for hydroxylation is 1. The molecule has 6 heteroatoms. The number of hydrogen-bond acceptors (Lipinski definition) is 5. The molecule has 1 amide bonds. The van der Waals surface area contributed by atoms with Crippen molar-refractivity contribution in [2.75, 3.05) is 5.32 Å². The smallest absolute Gasteiger partial charge is 0.255 e. The van der Waals surface area contributed by atoms with E-state index in [1.165, 1.54) is 0 Å². The second kappa shape index (κ2) is 9.58. The van der Waals surface area contributed by atoms with Crippen molar-refractivity contribution >= 4 is 17.5 Å². The summed E-state index contributed by atoms with van der Waals surface area (Å²) in [6.45, 7) is 3.83. The van der Waals surface area contributed by atoms with Crippen molar-refractivity contribution in [1.29, 1.82) is 0 Å². The monoisotopic (exact) mass is 465 g/mol. The first-order valence-corrected chi connectivity index (χ1v) is 11.8. The first kappa shape index (κ1) is 22.6. The van der Waals surface area contributed by atoms with Gasteiger partial charge in [-0.15, -0.1) is 0 Å². The predicted octanol–water partition coefficient (Wildman–Crippen LogP) is 5.79. The van der Waals surface area contributed by atoms with Crippen LogP contribution in [0.5, 0.6) is 11.5 Å². The zero-order chi connectivity index (χ0) is 24.4. The van der Waals surface area contributed by atoms with E-state index in [0.717, 1.165) is 41.1 Å². The highest BCUT2D eigenvalue weighted by atomic mass is 16.5. The minimum atomic E-state index is -0.496. The number of aromatic nitrogens is 1. The summed E-state index contributed by atoms with van der Waals surface area (Å²) in [5.74, 6) is 1.13. The Morgan fingerprint density at radius 2 is 1.80 bits per heavy atom. The van der Waals surface area contributed by atoms with Crippen LogP contribution in [0, 0.1) is 6.92 Å². The maximum absolute atomic E-state index is 13.6. The summed E-state index contributed by atoms with van der Waals surface area (Å²) in [4.78, 5) is 31.1. The number of hydrogen-bond donors (Lipinski definition) is 2. The normalized spacial score (nSPS) is 17.5. The van der Waals surface area contributed by atoms with Crippen molar-refractivity contribution in [3.8, 4) is 11.5 Å². The van der Waals surface area contributed by atoms with Crippen LogP contribution in [0.1, 0.15) is 43.2 Å². The van der Waals surface area contributed by atoms with Crippen LogP contribution in [-0.4, -0.2) is 16.7 Å². The first-order valence-electron chi connectivity index (χ1n) is 11.8. The summed E-state index contributed by atoms with van der Waals surface area (Å²) in [5, 5.41) is 6.28. The molecule has 1 aliphatic heterocycles. The van der Waals surface area contributed by atoms with Gasteiger partial charge in [0.1, 0.15) is 17.3 Å². The maximum Gasteiger partial charge on any atom is 0.255 e. The molecule has 5 rings (SSSR count). The largest absolute Gasteiger partial charge is 0.457 e. The SMILES string of the molecule is CC1=C(C(=O)Nc2ccc(C)cn2)C(c2cccc(Oc3ccccc3)c2)C2=C(CCCC2=O)N1. The fourth-order valence-electron chi connectivity index (χ4n) is 4.73. The molecule has 1 aliphatic carbocycles. The lowest BCUT2D eigenvalue weighted by Crippen LogP contribution is -2.35. The molecular weight excluding hydrogens is 438 g/mol. The Kier molecular flexibility index (Phi) is 6.19. The molecule has 6 nitrogen and oxygen atoms in total. The number of benzene rings is 2. The quantitative estimate of drug-likeness (QED) is 0.499. The fraction of sp³-hybridized carbons (Fsp3) is 0.207. The number of ketones is 1. The van der Waals surface area contributed by atoms with Gasteiger partial charge in [-0.05, 0) is 68.1 Å². The van der Waals surface area contributed by atoms with E-state index in [9.17, 15) is 9.59 Å². The molecule has 1 aromatic heterocycles. The average Bonchev–Trinajstić information content (AvgIpc) is 2.85. The molecule has 35 heavy (non-hydrogen) atoms. The molecule has 0 saturated heterocycles. The standard InChI is InChI=1S/C29H27N3O3/c1-18-14-15-25(30-17-18)32-29(34)26-19(2)31-23-12-7-13-24(33)28(23)27(26)20-8-6-11-22(16-20)35-21-9-4-3-5-10-21/h3-6,8-11,14-17,27,31H,7,12-13H2,1-2H3,(H,30,32,34). The number of pyridine rings is 1. The van der Waals surface area contributed by atoms with Gasteiger partial charge < -0.3 is 15.4 Å². The van der Waals surface area contributed by atoms with E-state index in [0.29, 0.717) is 29.1 Å². The zero-order valence-corrected chi connectivity index (χ0v) is 19.8. The highest BCUT2D eigenvalue weighted by molar-refractivity contribution is 6.09. The molecular formula is C29H27N3O3. The van der Waals surface area contributed by atoms with Crippen molar-refractivity contribution in [2.45, 2.75) is 39.0 Å². The number of amides is 1. The van der Waals surface area contributed by atoms with Crippen molar-refractivity contribution in [2.24, 2.45) is 0 Å². The molecule has 2 heterocycles. The Hall–Kier alpha value is -4.19. The van der Waals surface area contributed by atoms with Crippen LogP contribution in [0.25, 0.3) is 0 Å². The van der Waals surface area contributed by atoms with Gasteiger partial charge in [0.05, 0.1) is 0 Å². The number of Topliss-reactive ketones (excluding diaryl/α,β-unsaturated/α-hetero) is 1. The Balaban J connectivity index is 1.55. The number of carbonyl (C=O) groups is 2. The molecule has 1 unspecified atom stereocenters. The van der Waals surface area contributed by atoms with Crippen LogP contribution in [0.4, 0.5) is 5.82 Å². The van der Waals surface area contributed by atoms with Crippen LogP contribution in [0.2, 0.25) is 0 Å². The van der Waals surface area contributed by atoms with Crippen molar-refractivity contribution in [3.63, 3.8) is 0 Å². The molecule has 2 aromatic carbocycles. The molecule has 0 radical (unpaired) electrons. The van der Waals surface area contributed by atoms with Gasteiger partial charge in [0.15, 0.2) is 5.78 Å². The molecule has 2 aliphatic rings. The van der Waals surface area contributed by atoms with E-state index in [4.69, 9.17) is 4.74 Å². The number of ether oxygens (including phenoxy) is 1. The summed E-state index contributed by atoms with van der Waals surface area (Å²) in [5.41, 5.74) is 4.67. The zero-order valence-electron chi connectivity index (χ0n) is 19.8. The van der Waals surface area contributed by atoms with E-state index in [1.807, 2.05) is 74.5 Å². The Labute approximate surface area is 204 Å². The highest BCUT2D eigenvalue weighted by Crippen LogP contribution is 2.43. The molecule has 0 saturated carbocycles. The molecule has 3 aromatic rings. The molecule has 0 fully saturated rings. The Morgan fingerprint density at radius 1 is 1.00 bits per heavy atom. The van der Waals surface area contributed by atoms with Gasteiger partial charge in [0, 0.05) is 41.1 Å². The predicted molar refractivity (Wildman–Crippen MR) is 135 cm³/mol. The summed E-state index contributed by atoms with van der Waals surface area (Å²) in [6.07, 6.45) is 3.77. The minimum absolute atomic E-state index is 0.0735. The number of nitrogens with one attached hydrogen (secondary N) is 2. The molecule has 0 spiro atoms.